The van der Waals surface area contributed by atoms with E-state index in [9.17, 15) is 0 Å². The fourth-order valence-corrected chi connectivity index (χ4v) is 3.11. The minimum absolute atomic E-state index is 0.162. The largest absolute Gasteiger partial charge is 0.456 e. The number of hydrogen-bond donors (Lipinski definition) is 0. The van der Waals surface area contributed by atoms with Gasteiger partial charge in [0.25, 0.3) is 0 Å². The van der Waals surface area contributed by atoms with Crippen LogP contribution in [0.15, 0.2) is 77.4 Å². The van der Waals surface area contributed by atoms with Crippen molar-refractivity contribution in [2.24, 2.45) is 0 Å². The van der Waals surface area contributed by atoms with E-state index < -0.39 is 0 Å². The smallest absolute Gasteiger partial charge is 0.136 e. The molecule has 0 aliphatic heterocycles. The van der Waals surface area contributed by atoms with E-state index >= 15 is 0 Å². The van der Waals surface area contributed by atoms with Gasteiger partial charge in [-0.3, -0.25) is 0 Å². The summed E-state index contributed by atoms with van der Waals surface area (Å²) in [5, 5.41) is 1.13. The average Bonchev–Trinajstić information content (AvgIpc) is 3.03. The zero-order chi connectivity index (χ0) is 20.1. The molecule has 1 heterocycles. The minimum atomic E-state index is 0.162. The van der Waals surface area contributed by atoms with E-state index in [1.807, 2.05) is 49.4 Å². The summed E-state index contributed by atoms with van der Waals surface area (Å²) in [7, 11) is 2.06. The maximum atomic E-state index is 6.09. The highest BCUT2D eigenvalue weighted by molar-refractivity contribution is 5.91. The van der Waals surface area contributed by atoms with Gasteiger partial charge < -0.3 is 9.32 Å². The molecular formula is C26H29NO. The Labute approximate surface area is 168 Å². The minimum Gasteiger partial charge on any atom is -0.456 e. The summed E-state index contributed by atoms with van der Waals surface area (Å²) in [5.74, 6) is 0.861. The first-order chi connectivity index (χ1) is 13.4. The zero-order valence-electron chi connectivity index (χ0n) is 17.4. The van der Waals surface area contributed by atoms with Crippen molar-refractivity contribution < 1.29 is 4.42 Å². The van der Waals surface area contributed by atoms with Crippen LogP contribution in [-0.2, 0) is 5.41 Å². The highest BCUT2D eigenvalue weighted by atomic mass is 16.3. The Morgan fingerprint density at radius 1 is 0.893 bits per heavy atom. The van der Waals surface area contributed by atoms with Crippen LogP contribution in [0.4, 0.5) is 5.69 Å². The molecule has 2 heteroatoms. The average molecular weight is 372 g/mol. The Hall–Kier alpha value is -3.00. The van der Waals surface area contributed by atoms with E-state index in [-0.39, 0.29) is 5.41 Å². The number of para-hydroxylation sites is 1. The predicted molar refractivity (Wildman–Crippen MR) is 123 cm³/mol. The van der Waals surface area contributed by atoms with E-state index in [0.717, 1.165) is 28.0 Å². The lowest BCUT2D eigenvalue weighted by atomic mass is 9.87. The highest BCUT2D eigenvalue weighted by Crippen LogP contribution is 2.29. The van der Waals surface area contributed by atoms with Gasteiger partial charge in [-0.2, -0.15) is 0 Å². The van der Waals surface area contributed by atoms with Crippen molar-refractivity contribution in [3.8, 4) is 0 Å². The van der Waals surface area contributed by atoms with Crippen LogP contribution in [0.25, 0.3) is 23.1 Å². The van der Waals surface area contributed by atoms with Crippen LogP contribution >= 0.6 is 0 Å². The Bertz CT molecular complexity index is 1010. The molecule has 0 aliphatic rings. The molecule has 0 unspecified atom stereocenters. The fourth-order valence-electron chi connectivity index (χ4n) is 3.11. The Balaban J connectivity index is 1.89. The second-order valence-electron chi connectivity index (χ2n) is 7.98. The van der Waals surface area contributed by atoms with Gasteiger partial charge in [0.2, 0.25) is 0 Å². The molecule has 0 fully saturated rings. The lowest BCUT2D eigenvalue weighted by Crippen LogP contribution is -2.12. The van der Waals surface area contributed by atoms with Crippen molar-refractivity contribution in [3.63, 3.8) is 0 Å². The van der Waals surface area contributed by atoms with Crippen molar-refractivity contribution in [3.05, 3.63) is 89.8 Å². The molecule has 0 atom stereocenters. The molecule has 1 aromatic heterocycles. The number of furan rings is 1. The summed E-state index contributed by atoms with van der Waals surface area (Å²) < 4.78 is 6.09. The molecule has 0 saturated carbocycles. The third kappa shape index (κ3) is 4.45. The summed E-state index contributed by atoms with van der Waals surface area (Å²) in [6.45, 7) is 8.71. The molecule has 3 aromatic rings. The van der Waals surface area contributed by atoms with Crippen molar-refractivity contribution in [2.45, 2.75) is 33.1 Å². The molecule has 2 aromatic carbocycles. The van der Waals surface area contributed by atoms with Gasteiger partial charge >= 0.3 is 0 Å². The quantitative estimate of drug-likeness (QED) is 0.434. The highest BCUT2D eigenvalue weighted by Gasteiger charge is 2.13. The molecule has 3 rings (SSSR count). The van der Waals surface area contributed by atoms with E-state index in [1.165, 1.54) is 5.56 Å². The monoisotopic (exact) mass is 371 g/mol. The Kier molecular flexibility index (Phi) is 5.89. The number of rotatable bonds is 5. The summed E-state index contributed by atoms with van der Waals surface area (Å²) >= 11 is 0. The van der Waals surface area contributed by atoms with E-state index in [4.69, 9.17) is 4.42 Å². The molecule has 144 valence electrons. The van der Waals surface area contributed by atoms with Crippen LogP contribution in [0.5, 0.6) is 0 Å². The van der Waals surface area contributed by atoms with Crippen LogP contribution in [0.1, 0.15) is 44.6 Å². The van der Waals surface area contributed by atoms with Crippen molar-refractivity contribution in [2.75, 3.05) is 11.9 Å². The summed E-state index contributed by atoms with van der Waals surface area (Å²) in [6, 6.07) is 16.9. The van der Waals surface area contributed by atoms with Crippen LogP contribution < -0.4 is 4.90 Å². The Morgan fingerprint density at radius 3 is 2.29 bits per heavy atom. The van der Waals surface area contributed by atoms with E-state index in [2.05, 4.69) is 75.3 Å². The van der Waals surface area contributed by atoms with Gasteiger partial charge in [-0.25, -0.2) is 0 Å². The first kappa shape index (κ1) is 19.8. The SMILES string of the molecule is C/C=C\C=C/c1c(/C=C/N(C)c2ccc(C(C)(C)C)cc2)oc2ccccc12. The van der Waals surface area contributed by atoms with Gasteiger partial charge in [-0.05, 0) is 42.2 Å². The van der Waals surface area contributed by atoms with Crippen molar-refractivity contribution >= 4 is 28.8 Å². The van der Waals surface area contributed by atoms with Gasteiger partial charge in [-0.15, -0.1) is 0 Å². The molecule has 0 saturated heterocycles. The number of fused-ring (bicyclic) bond motifs is 1. The molecule has 0 aliphatic carbocycles. The van der Waals surface area contributed by atoms with Gasteiger partial charge in [0.05, 0.1) is 0 Å². The van der Waals surface area contributed by atoms with Crippen LogP contribution in [-0.4, -0.2) is 7.05 Å². The zero-order valence-corrected chi connectivity index (χ0v) is 17.4. The molecule has 2 nitrogen and oxygen atoms in total. The number of allylic oxidation sites excluding steroid dienone is 3. The molecule has 0 amide bonds. The number of nitrogens with zero attached hydrogens (tertiary/aromatic N) is 1. The first-order valence-electron chi connectivity index (χ1n) is 9.72. The lowest BCUT2D eigenvalue weighted by molar-refractivity contribution is 0.590. The van der Waals surface area contributed by atoms with Gasteiger partial charge in [-0.1, -0.05) is 75.4 Å². The lowest BCUT2D eigenvalue weighted by Gasteiger charge is -2.21. The van der Waals surface area contributed by atoms with Crippen LogP contribution in [0.2, 0.25) is 0 Å². The topological polar surface area (TPSA) is 16.4 Å². The van der Waals surface area contributed by atoms with Crippen LogP contribution in [0, 0.1) is 0 Å². The molecule has 0 radical (unpaired) electrons. The molecule has 28 heavy (non-hydrogen) atoms. The van der Waals surface area contributed by atoms with Crippen LogP contribution in [0.3, 0.4) is 0 Å². The summed E-state index contributed by atoms with van der Waals surface area (Å²) in [4.78, 5) is 2.11. The predicted octanol–water partition coefficient (Wildman–Crippen LogP) is 7.43. The maximum Gasteiger partial charge on any atom is 0.136 e. The molecule has 0 bridgehead atoms. The number of benzene rings is 2. The van der Waals surface area contributed by atoms with Gasteiger partial charge in [0, 0.05) is 29.9 Å². The van der Waals surface area contributed by atoms with Gasteiger partial charge in [0.15, 0.2) is 0 Å². The third-order valence-corrected chi connectivity index (χ3v) is 4.82. The fraction of sp³-hybridized carbons (Fsp3) is 0.231. The number of anilines is 1. The van der Waals surface area contributed by atoms with E-state index in [0.29, 0.717) is 0 Å². The third-order valence-electron chi connectivity index (χ3n) is 4.82. The van der Waals surface area contributed by atoms with Gasteiger partial charge in [0.1, 0.15) is 11.3 Å². The van der Waals surface area contributed by atoms with Crippen molar-refractivity contribution in [1.29, 1.82) is 0 Å². The maximum absolute atomic E-state index is 6.09. The second-order valence-corrected chi connectivity index (χ2v) is 7.98. The summed E-state index contributed by atoms with van der Waals surface area (Å²) in [5.41, 5.74) is 4.64. The normalized spacial score (nSPS) is 12.8. The summed E-state index contributed by atoms with van der Waals surface area (Å²) in [6.07, 6.45) is 12.3. The standard InChI is InChI=1S/C26H29NO/c1-6-7-8-11-23-22-12-9-10-13-24(22)28-25(23)18-19-27(5)21-16-14-20(15-17-21)26(2,3)4/h6-19H,1-5H3/b7-6-,11-8-,19-18+. The molecular weight excluding hydrogens is 342 g/mol. The second kappa shape index (κ2) is 8.35. The molecule has 0 spiro atoms. The Morgan fingerprint density at radius 2 is 1.61 bits per heavy atom. The number of hydrogen-bond acceptors (Lipinski definition) is 2. The molecule has 0 N–H and O–H groups in total. The van der Waals surface area contributed by atoms with E-state index in [1.54, 1.807) is 0 Å². The van der Waals surface area contributed by atoms with Crippen molar-refractivity contribution in [1.82, 2.24) is 0 Å². The first-order valence-corrected chi connectivity index (χ1v) is 9.72.